The van der Waals surface area contributed by atoms with Crippen LogP contribution in [0.15, 0.2) is 0 Å². The lowest BCUT2D eigenvalue weighted by Crippen LogP contribution is -2.52. The van der Waals surface area contributed by atoms with Crippen molar-refractivity contribution >= 4 is 5.91 Å². The molecule has 2 atom stereocenters. The van der Waals surface area contributed by atoms with Crippen molar-refractivity contribution in [2.24, 2.45) is 5.41 Å². The Morgan fingerprint density at radius 2 is 1.56 bits per heavy atom. The molecule has 1 amide bonds. The molecule has 130 valence electrons. The lowest BCUT2D eigenvalue weighted by molar-refractivity contribution is -0.141. The molecule has 2 unspecified atom stereocenters. The topological polar surface area (TPSA) is 93.7 Å². The van der Waals surface area contributed by atoms with Gasteiger partial charge in [0, 0.05) is 18.5 Å². The van der Waals surface area contributed by atoms with E-state index in [2.05, 4.69) is 30.7 Å². The Hall–Kier alpha value is -2.47. The maximum atomic E-state index is 13.6. The molecule has 1 fully saturated rings. The molecule has 1 aromatic heterocycles. The monoisotopic (exact) mass is 337 g/mol. The molecule has 0 aromatic carbocycles. The summed E-state index contributed by atoms with van der Waals surface area (Å²) in [5, 5.41) is 18.7. The third-order valence-corrected chi connectivity index (χ3v) is 6.90. The Balaban J connectivity index is 2.34. The first kappa shape index (κ1) is 17.4. The molecule has 2 bridgehead atoms. The number of aromatic nitrogens is 2. The number of amides is 1. The Labute approximate surface area is 148 Å². The minimum Gasteiger partial charge on any atom is -0.342 e. The third kappa shape index (κ3) is 1.75. The molecule has 0 aliphatic heterocycles. The average Bonchev–Trinajstić information content (AvgIpc) is 2.90. The third-order valence-electron chi connectivity index (χ3n) is 6.90. The highest BCUT2D eigenvalue weighted by Gasteiger charge is 2.73. The first-order chi connectivity index (χ1) is 11.7. The van der Waals surface area contributed by atoms with Crippen LogP contribution in [0.2, 0.25) is 0 Å². The Bertz CT molecular complexity index is 843. The van der Waals surface area contributed by atoms with E-state index in [0.717, 1.165) is 12.1 Å². The summed E-state index contributed by atoms with van der Waals surface area (Å²) in [6.45, 7) is 11.5. The zero-order valence-corrected chi connectivity index (χ0v) is 15.5. The number of carbonyl (C=O) groups excluding carboxylic acids is 1. The molecule has 1 aromatic rings. The summed E-state index contributed by atoms with van der Waals surface area (Å²) in [7, 11) is 0. The normalized spacial score (nSPS) is 28.1. The fourth-order valence-corrected chi connectivity index (χ4v) is 4.89. The molecule has 0 spiro atoms. The van der Waals surface area contributed by atoms with Crippen LogP contribution in [-0.4, -0.2) is 33.9 Å². The molecular weight excluding hydrogens is 314 g/mol. The molecule has 6 heteroatoms. The van der Waals surface area contributed by atoms with Gasteiger partial charge in [0.1, 0.15) is 12.1 Å². The molecule has 0 N–H and O–H groups in total. The predicted octanol–water partition coefficient (Wildman–Crippen LogP) is 2.42. The molecule has 6 nitrogen and oxygen atoms in total. The van der Waals surface area contributed by atoms with Crippen molar-refractivity contribution in [3.63, 3.8) is 0 Å². The highest BCUT2D eigenvalue weighted by molar-refractivity contribution is 5.92. The summed E-state index contributed by atoms with van der Waals surface area (Å²) in [6.07, 6.45) is 1.52. The van der Waals surface area contributed by atoms with E-state index in [0.29, 0.717) is 25.2 Å². The number of hydrogen-bond donors (Lipinski definition) is 0. The highest BCUT2D eigenvalue weighted by atomic mass is 16.2. The van der Waals surface area contributed by atoms with Crippen molar-refractivity contribution in [3.05, 3.63) is 22.8 Å². The van der Waals surface area contributed by atoms with E-state index in [1.165, 1.54) is 0 Å². The van der Waals surface area contributed by atoms with Gasteiger partial charge in [-0.25, -0.2) is 9.97 Å². The first-order valence-electron chi connectivity index (χ1n) is 8.77. The molecule has 0 radical (unpaired) electrons. The van der Waals surface area contributed by atoms with E-state index >= 15 is 0 Å². The average molecular weight is 337 g/mol. The molecule has 2 aliphatic carbocycles. The summed E-state index contributed by atoms with van der Waals surface area (Å²) in [5.41, 5.74) is -0.106. The van der Waals surface area contributed by atoms with Gasteiger partial charge in [0.05, 0.1) is 16.8 Å². The van der Waals surface area contributed by atoms with Crippen LogP contribution >= 0.6 is 0 Å². The van der Waals surface area contributed by atoms with Crippen LogP contribution in [0.4, 0.5) is 0 Å². The van der Waals surface area contributed by atoms with Crippen LogP contribution in [0.5, 0.6) is 0 Å². The Morgan fingerprint density at radius 3 is 2.04 bits per heavy atom. The van der Waals surface area contributed by atoms with Gasteiger partial charge in [0.15, 0.2) is 11.4 Å². The van der Waals surface area contributed by atoms with Crippen LogP contribution < -0.4 is 0 Å². The van der Waals surface area contributed by atoms with Gasteiger partial charge >= 0.3 is 0 Å². The Kier molecular flexibility index (Phi) is 3.65. The number of nitriles is 2. The van der Waals surface area contributed by atoms with Crippen molar-refractivity contribution < 1.29 is 4.79 Å². The second-order valence-corrected chi connectivity index (χ2v) is 7.68. The predicted molar refractivity (Wildman–Crippen MR) is 91.4 cm³/mol. The molecule has 1 saturated carbocycles. The molecule has 2 aliphatic rings. The molecular formula is C19H23N5O. The summed E-state index contributed by atoms with van der Waals surface area (Å²) in [6, 6.07) is 3.94. The number of hydrogen-bond acceptors (Lipinski definition) is 5. The largest absolute Gasteiger partial charge is 0.342 e. The van der Waals surface area contributed by atoms with Gasteiger partial charge in [-0.05, 0) is 32.1 Å². The van der Waals surface area contributed by atoms with Gasteiger partial charge in [-0.2, -0.15) is 10.5 Å². The fraction of sp³-hybridized carbons (Fsp3) is 0.632. The minimum atomic E-state index is -0.782. The van der Waals surface area contributed by atoms with Crippen molar-refractivity contribution in [1.82, 2.24) is 14.9 Å². The van der Waals surface area contributed by atoms with E-state index in [9.17, 15) is 15.3 Å². The summed E-state index contributed by atoms with van der Waals surface area (Å²) in [4.78, 5) is 24.4. The second kappa shape index (κ2) is 5.26. The van der Waals surface area contributed by atoms with E-state index in [4.69, 9.17) is 0 Å². The zero-order chi connectivity index (χ0) is 18.6. The highest BCUT2D eigenvalue weighted by Crippen LogP contribution is 2.70. The van der Waals surface area contributed by atoms with Crippen molar-refractivity contribution in [2.45, 2.75) is 58.3 Å². The van der Waals surface area contributed by atoms with E-state index in [1.54, 1.807) is 0 Å². The number of carbonyl (C=O) groups is 1. The first-order valence-corrected chi connectivity index (χ1v) is 8.77. The lowest BCUT2D eigenvalue weighted by atomic mass is 9.63. The zero-order valence-electron chi connectivity index (χ0n) is 15.5. The van der Waals surface area contributed by atoms with Crippen molar-refractivity contribution in [1.29, 1.82) is 10.5 Å². The Morgan fingerprint density at radius 1 is 1.04 bits per heavy atom. The van der Waals surface area contributed by atoms with Gasteiger partial charge in [-0.15, -0.1) is 0 Å². The lowest BCUT2D eigenvalue weighted by Gasteiger charge is -2.41. The number of rotatable bonds is 3. The number of fused-ring (bicyclic) bond motifs is 5. The molecule has 0 saturated heterocycles. The maximum absolute atomic E-state index is 13.6. The van der Waals surface area contributed by atoms with Gasteiger partial charge in [-0.3, -0.25) is 4.79 Å². The van der Waals surface area contributed by atoms with Crippen LogP contribution in [0.3, 0.4) is 0 Å². The van der Waals surface area contributed by atoms with E-state index in [-0.39, 0.29) is 28.1 Å². The quantitative estimate of drug-likeness (QED) is 0.844. The van der Waals surface area contributed by atoms with Crippen LogP contribution in [-0.2, 0) is 15.6 Å². The van der Waals surface area contributed by atoms with Gasteiger partial charge in [0.25, 0.3) is 0 Å². The summed E-state index contributed by atoms with van der Waals surface area (Å²) < 4.78 is 0. The molecule has 1 heterocycles. The smallest absolute Gasteiger partial charge is 0.235 e. The standard InChI is InChI=1S/C19H23N5O/c1-6-24(7-2)16(25)19-9-8-18(5,17(19,3)4)14-15(19)23-13(11-21)12(10-20)22-14/h6-9H2,1-5H3. The van der Waals surface area contributed by atoms with Crippen LogP contribution in [0.1, 0.15) is 70.2 Å². The minimum absolute atomic E-state index is 0.0138. The summed E-state index contributed by atoms with van der Waals surface area (Å²) in [5.74, 6) is 0.0628. The van der Waals surface area contributed by atoms with Crippen LogP contribution in [0, 0.1) is 28.1 Å². The number of likely N-dealkylation sites (N-methyl/N-ethyl adjacent to an activating group) is 1. The van der Waals surface area contributed by atoms with E-state index in [1.807, 2.05) is 30.9 Å². The van der Waals surface area contributed by atoms with Gasteiger partial charge < -0.3 is 4.90 Å². The summed E-state index contributed by atoms with van der Waals surface area (Å²) >= 11 is 0. The maximum Gasteiger partial charge on any atom is 0.235 e. The number of nitrogens with zero attached hydrogens (tertiary/aromatic N) is 5. The molecule has 3 rings (SSSR count). The van der Waals surface area contributed by atoms with Gasteiger partial charge in [0.2, 0.25) is 5.91 Å². The fourth-order valence-electron chi connectivity index (χ4n) is 4.89. The second-order valence-electron chi connectivity index (χ2n) is 7.68. The molecule has 25 heavy (non-hydrogen) atoms. The SMILES string of the molecule is CCN(CC)C(=O)C12CCC(C)(c3nc(C#N)c(C#N)nc31)C2(C)C. The van der Waals surface area contributed by atoms with E-state index < -0.39 is 5.41 Å². The van der Waals surface area contributed by atoms with Gasteiger partial charge in [-0.1, -0.05) is 20.8 Å². The van der Waals surface area contributed by atoms with Crippen LogP contribution in [0.25, 0.3) is 0 Å². The van der Waals surface area contributed by atoms with Crippen molar-refractivity contribution in [3.8, 4) is 12.1 Å². The van der Waals surface area contributed by atoms with Crippen molar-refractivity contribution in [2.75, 3.05) is 13.1 Å².